The summed E-state index contributed by atoms with van der Waals surface area (Å²) < 4.78 is 36.0. The molecule has 0 spiro atoms. The number of hydrogen-bond donors (Lipinski definition) is 1. The summed E-state index contributed by atoms with van der Waals surface area (Å²) >= 11 is 0. The first-order valence-corrected chi connectivity index (χ1v) is 10.1. The predicted octanol–water partition coefficient (Wildman–Crippen LogP) is 3.12. The molecule has 0 aliphatic carbocycles. The number of rotatable bonds is 4. The van der Waals surface area contributed by atoms with E-state index in [4.69, 9.17) is 8.94 Å². The molecule has 1 saturated heterocycles. The van der Waals surface area contributed by atoms with Crippen molar-refractivity contribution in [3.8, 4) is 11.5 Å². The molecule has 1 amide bonds. The number of nitrogens with one attached hydrogen (secondary N) is 1. The molecule has 27 heavy (non-hydrogen) atoms. The summed E-state index contributed by atoms with van der Waals surface area (Å²) in [5.41, 5.74) is 1.24. The van der Waals surface area contributed by atoms with Crippen molar-refractivity contribution in [3.05, 3.63) is 54.4 Å². The minimum absolute atomic E-state index is 0.115. The Labute approximate surface area is 155 Å². The van der Waals surface area contributed by atoms with Crippen molar-refractivity contribution in [2.24, 2.45) is 0 Å². The first kappa shape index (κ1) is 17.3. The van der Waals surface area contributed by atoms with Crippen LogP contribution in [0.25, 0.3) is 11.5 Å². The van der Waals surface area contributed by atoms with E-state index in [0.717, 1.165) is 6.42 Å². The number of sulfonamides is 1. The van der Waals surface area contributed by atoms with Crippen LogP contribution in [0.3, 0.4) is 0 Å². The van der Waals surface area contributed by atoms with Crippen molar-refractivity contribution < 1.29 is 22.2 Å². The number of carbonyl (C=O) groups is 1. The molecule has 2 aromatic heterocycles. The zero-order chi connectivity index (χ0) is 18.9. The highest BCUT2D eigenvalue weighted by molar-refractivity contribution is 7.92. The average Bonchev–Trinajstić information content (AvgIpc) is 3.34. The summed E-state index contributed by atoms with van der Waals surface area (Å²) in [6, 6.07) is 11.6. The number of hydrogen-bond acceptors (Lipinski definition) is 6. The summed E-state index contributed by atoms with van der Waals surface area (Å²) in [7, 11) is -3.26. The minimum Gasteiger partial charge on any atom is -0.461 e. The quantitative estimate of drug-likeness (QED) is 0.737. The highest BCUT2D eigenvalue weighted by Gasteiger charge is 2.25. The van der Waals surface area contributed by atoms with Gasteiger partial charge in [0.05, 0.1) is 17.7 Å². The largest absolute Gasteiger partial charge is 0.461 e. The Balaban J connectivity index is 1.46. The van der Waals surface area contributed by atoms with Crippen LogP contribution in [0.4, 0.5) is 11.4 Å². The standard InChI is InChI=1S/C18H17N3O5S/c22-18(15-12-17(26-20-15)16-4-3-10-25-16)19-13-5-7-14(8-6-13)21-9-1-2-11-27(21,23)24/h3-8,10,12H,1-2,9,11H2,(H,19,22). The first-order valence-electron chi connectivity index (χ1n) is 8.45. The van der Waals surface area contributed by atoms with Crippen LogP contribution < -0.4 is 9.62 Å². The van der Waals surface area contributed by atoms with Crippen LogP contribution in [-0.4, -0.2) is 31.8 Å². The Morgan fingerprint density at radius 2 is 1.93 bits per heavy atom. The van der Waals surface area contributed by atoms with E-state index in [1.165, 1.54) is 16.6 Å². The topological polar surface area (TPSA) is 106 Å². The summed E-state index contributed by atoms with van der Waals surface area (Å²) in [6.45, 7) is 0.475. The minimum atomic E-state index is -3.26. The van der Waals surface area contributed by atoms with Crippen molar-refractivity contribution in [1.29, 1.82) is 0 Å². The van der Waals surface area contributed by atoms with Gasteiger partial charge in [0.25, 0.3) is 5.91 Å². The molecule has 4 rings (SSSR count). The molecule has 1 fully saturated rings. The van der Waals surface area contributed by atoms with Gasteiger partial charge in [-0.1, -0.05) is 5.16 Å². The molecular weight excluding hydrogens is 370 g/mol. The monoisotopic (exact) mass is 387 g/mol. The van der Waals surface area contributed by atoms with Crippen molar-refractivity contribution in [3.63, 3.8) is 0 Å². The number of aromatic nitrogens is 1. The van der Waals surface area contributed by atoms with E-state index in [1.54, 1.807) is 36.4 Å². The van der Waals surface area contributed by atoms with E-state index in [-0.39, 0.29) is 11.4 Å². The van der Waals surface area contributed by atoms with Gasteiger partial charge in [0.15, 0.2) is 11.5 Å². The third kappa shape index (κ3) is 3.59. The lowest BCUT2D eigenvalue weighted by molar-refractivity contribution is 0.101. The lowest BCUT2D eigenvalue weighted by Crippen LogP contribution is -2.37. The second-order valence-electron chi connectivity index (χ2n) is 6.15. The predicted molar refractivity (Wildman–Crippen MR) is 99.0 cm³/mol. The van der Waals surface area contributed by atoms with Gasteiger partial charge in [0, 0.05) is 18.3 Å². The molecule has 8 nitrogen and oxygen atoms in total. The molecule has 0 bridgehead atoms. The lowest BCUT2D eigenvalue weighted by atomic mass is 10.2. The van der Waals surface area contributed by atoms with Crippen LogP contribution in [0.15, 0.2) is 57.7 Å². The molecule has 1 N–H and O–H groups in total. The summed E-state index contributed by atoms with van der Waals surface area (Å²) in [5.74, 6) is 0.565. The van der Waals surface area contributed by atoms with Gasteiger partial charge in [-0.3, -0.25) is 9.10 Å². The molecule has 1 aliphatic heterocycles. The maximum absolute atomic E-state index is 12.3. The van der Waals surface area contributed by atoms with Crippen LogP contribution >= 0.6 is 0 Å². The zero-order valence-electron chi connectivity index (χ0n) is 14.3. The van der Waals surface area contributed by atoms with E-state index >= 15 is 0 Å². The number of anilines is 2. The van der Waals surface area contributed by atoms with E-state index in [0.29, 0.717) is 35.9 Å². The van der Waals surface area contributed by atoms with Crippen LogP contribution in [-0.2, 0) is 10.0 Å². The van der Waals surface area contributed by atoms with Gasteiger partial charge in [-0.05, 0) is 49.2 Å². The Hall–Kier alpha value is -3.07. The van der Waals surface area contributed by atoms with E-state index in [1.807, 2.05) is 0 Å². The Kier molecular flexibility index (Phi) is 4.44. The molecule has 1 aliphatic rings. The average molecular weight is 387 g/mol. The van der Waals surface area contributed by atoms with E-state index in [2.05, 4.69) is 10.5 Å². The second-order valence-corrected chi connectivity index (χ2v) is 8.16. The molecule has 9 heteroatoms. The number of amides is 1. The Morgan fingerprint density at radius 3 is 2.63 bits per heavy atom. The van der Waals surface area contributed by atoms with Gasteiger partial charge in [-0.15, -0.1) is 0 Å². The summed E-state index contributed by atoms with van der Waals surface area (Å²) in [4.78, 5) is 12.3. The second kappa shape index (κ2) is 6.92. The number of nitrogens with zero attached hydrogens (tertiary/aromatic N) is 2. The molecule has 0 radical (unpaired) electrons. The number of benzene rings is 1. The van der Waals surface area contributed by atoms with Crippen molar-refractivity contribution in [1.82, 2.24) is 5.16 Å². The van der Waals surface area contributed by atoms with Crippen molar-refractivity contribution >= 4 is 27.3 Å². The first-order chi connectivity index (χ1) is 13.0. The van der Waals surface area contributed by atoms with Crippen molar-refractivity contribution in [2.45, 2.75) is 12.8 Å². The van der Waals surface area contributed by atoms with Crippen LogP contribution in [0.5, 0.6) is 0 Å². The van der Waals surface area contributed by atoms with E-state index < -0.39 is 15.9 Å². The third-order valence-electron chi connectivity index (χ3n) is 4.27. The van der Waals surface area contributed by atoms with Gasteiger partial charge in [0.1, 0.15) is 0 Å². The molecule has 140 valence electrons. The summed E-state index contributed by atoms with van der Waals surface area (Å²) in [6.07, 6.45) is 3.02. The van der Waals surface area contributed by atoms with Gasteiger partial charge in [0.2, 0.25) is 15.8 Å². The fourth-order valence-electron chi connectivity index (χ4n) is 2.90. The SMILES string of the molecule is O=C(Nc1ccc(N2CCCCS2(=O)=O)cc1)c1cc(-c2ccco2)on1. The molecule has 3 aromatic rings. The normalized spacial score (nSPS) is 16.2. The molecule has 0 atom stereocenters. The maximum atomic E-state index is 12.3. The van der Waals surface area contributed by atoms with Crippen LogP contribution in [0.1, 0.15) is 23.3 Å². The van der Waals surface area contributed by atoms with Crippen LogP contribution in [0.2, 0.25) is 0 Å². The highest BCUT2D eigenvalue weighted by atomic mass is 32.2. The summed E-state index contributed by atoms with van der Waals surface area (Å²) in [5, 5.41) is 6.45. The Bertz CT molecular complexity index is 1040. The molecule has 3 heterocycles. The Morgan fingerprint density at radius 1 is 1.11 bits per heavy atom. The van der Waals surface area contributed by atoms with Gasteiger partial charge >= 0.3 is 0 Å². The maximum Gasteiger partial charge on any atom is 0.277 e. The van der Waals surface area contributed by atoms with Crippen LogP contribution in [0, 0.1) is 0 Å². The van der Waals surface area contributed by atoms with Gasteiger partial charge < -0.3 is 14.3 Å². The number of carbonyl (C=O) groups excluding carboxylic acids is 1. The number of furan rings is 1. The molecule has 0 saturated carbocycles. The molecule has 0 unspecified atom stereocenters. The lowest BCUT2D eigenvalue weighted by Gasteiger charge is -2.28. The molecule has 1 aromatic carbocycles. The van der Waals surface area contributed by atoms with Gasteiger partial charge in [-0.25, -0.2) is 8.42 Å². The van der Waals surface area contributed by atoms with Crippen molar-refractivity contribution in [2.75, 3.05) is 21.9 Å². The third-order valence-corrected chi connectivity index (χ3v) is 6.14. The highest BCUT2D eigenvalue weighted by Crippen LogP contribution is 2.25. The fourth-order valence-corrected chi connectivity index (χ4v) is 4.54. The van der Waals surface area contributed by atoms with E-state index in [9.17, 15) is 13.2 Å². The fraction of sp³-hybridized carbons (Fsp3) is 0.222. The van der Waals surface area contributed by atoms with Gasteiger partial charge in [-0.2, -0.15) is 0 Å². The molecular formula is C18H17N3O5S. The zero-order valence-corrected chi connectivity index (χ0v) is 15.1. The smallest absolute Gasteiger partial charge is 0.277 e.